The number of esters is 1. The number of furan rings is 1. The summed E-state index contributed by atoms with van der Waals surface area (Å²) in [4.78, 5) is 24.6. The lowest BCUT2D eigenvalue weighted by atomic mass is 9.98. The number of hydrogen-bond acceptors (Lipinski definition) is 4. The van der Waals surface area contributed by atoms with Gasteiger partial charge in [-0.15, -0.1) is 0 Å². The van der Waals surface area contributed by atoms with Gasteiger partial charge in [-0.3, -0.25) is 4.79 Å². The van der Waals surface area contributed by atoms with Gasteiger partial charge in [-0.1, -0.05) is 50.6 Å². The number of fused-ring (bicyclic) bond motifs is 3. The molecule has 0 radical (unpaired) electrons. The molecule has 3 aromatic rings. The molecule has 0 aliphatic heterocycles. The van der Waals surface area contributed by atoms with Crippen molar-refractivity contribution in [2.45, 2.75) is 32.7 Å². The van der Waals surface area contributed by atoms with Crippen LogP contribution in [0.4, 0.5) is 0 Å². The molecule has 5 heteroatoms. The molecule has 0 aliphatic carbocycles. The molecule has 5 nitrogen and oxygen atoms in total. The van der Waals surface area contributed by atoms with Crippen molar-refractivity contribution in [1.29, 1.82) is 0 Å². The highest BCUT2D eigenvalue weighted by Crippen LogP contribution is 2.30. The third-order valence-electron chi connectivity index (χ3n) is 4.88. The SMILES string of the molecule is CC[C@@H](C)[C@@H](NC(=O)Cc1coc2ccc3ccccc3c12)C(=O)OC. The summed E-state index contributed by atoms with van der Waals surface area (Å²) in [6.07, 6.45) is 2.53. The van der Waals surface area contributed by atoms with Gasteiger partial charge < -0.3 is 14.5 Å². The van der Waals surface area contributed by atoms with E-state index in [1.165, 1.54) is 7.11 Å². The van der Waals surface area contributed by atoms with E-state index in [9.17, 15) is 9.59 Å². The van der Waals surface area contributed by atoms with E-state index in [-0.39, 0.29) is 18.2 Å². The van der Waals surface area contributed by atoms with Crippen LogP contribution in [0.15, 0.2) is 47.1 Å². The molecule has 1 amide bonds. The Morgan fingerprint density at radius 3 is 2.69 bits per heavy atom. The lowest BCUT2D eigenvalue weighted by Crippen LogP contribution is -2.46. The van der Waals surface area contributed by atoms with Crippen molar-refractivity contribution >= 4 is 33.6 Å². The van der Waals surface area contributed by atoms with Gasteiger partial charge in [0, 0.05) is 10.9 Å². The topological polar surface area (TPSA) is 68.5 Å². The molecule has 0 spiro atoms. The molecular weight excluding hydrogens is 330 g/mol. The van der Waals surface area contributed by atoms with Crippen LogP contribution >= 0.6 is 0 Å². The van der Waals surface area contributed by atoms with E-state index in [0.29, 0.717) is 0 Å². The molecular formula is C21H23NO4. The van der Waals surface area contributed by atoms with Gasteiger partial charge >= 0.3 is 5.97 Å². The molecule has 1 N–H and O–H groups in total. The molecule has 26 heavy (non-hydrogen) atoms. The number of ether oxygens (including phenoxy) is 1. The quantitative estimate of drug-likeness (QED) is 0.684. The van der Waals surface area contributed by atoms with E-state index in [1.54, 1.807) is 6.26 Å². The van der Waals surface area contributed by atoms with Crippen LogP contribution in [0.5, 0.6) is 0 Å². The fourth-order valence-electron chi connectivity index (χ4n) is 3.20. The Kier molecular flexibility index (Phi) is 5.26. The van der Waals surface area contributed by atoms with Crippen LogP contribution in [-0.2, 0) is 20.7 Å². The van der Waals surface area contributed by atoms with Crippen LogP contribution in [0.1, 0.15) is 25.8 Å². The predicted molar refractivity (Wildman–Crippen MR) is 101 cm³/mol. The zero-order valence-electron chi connectivity index (χ0n) is 15.2. The van der Waals surface area contributed by atoms with Crippen LogP contribution in [0.3, 0.4) is 0 Å². The zero-order valence-corrected chi connectivity index (χ0v) is 15.2. The molecule has 1 heterocycles. The molecule has 1 aromatic heterocycles. The van der Waals surface area contributed by atoms with E-state index in [2.05, 4.69) is 5.32 Å². The molecule has 2 atom stereocenters. The van der Waals surface area contributed by atoms with Gasteiger partial charge in [0.15, 0.2) is 0 Å². The van der Waals surface area contributed by atoms with E-state index in [0.717, 1.165) is 33.7 Å². The largest absolute Gasteiger partial charge is 0.467 e. The van der Waals surface area contributed by atoms with Crippen LogP contribution in [0, 0.1) is 5.92 Å². The van der Waals surface area contributed by atoms with Crippen LogP contribution in [-0.4, -0.2) is 25.0 Å². The molecule has 2 aromatic carbocycles. The van der Waals surface area contributed by atoms with Crippen molar-refractivity contribution in [3.8, 4) is 0 Å². The van der Waals surface area contributed by atoms with E-state index in [1.807, 2.05) is 50.2 Å². The Hall–Kier alpha value is -2.82. The maximum absolute atomic E-state index is 12.6. The second kappa shape index (κ2) is 7.60. The first-order valence-corrected chi connectivity index (χ1v) is 8.80. The number of carbonyl (C=O) groups excluding carboxylic acids is 2. The van der Waals surface area contributed by atoms with E-state index in [4.69, 9.17) is 9.15 Å². The van der Waals surface area contributed by atoms with Crippen molar-refractivity contribution in [2.75, 3.05) is 7.11 Å². The first-order valence-electron chi connectivity index (χ1n) is 8.80. The highest BCUT2D eigenvalue weighted by Gasteiger charge is 2.27. The number of carbonyl (C=O) groups is 2. The average Bonchev–Trinajstić information content (AvgIpc) is 3.08. The highest BCUT2D eigenvalue weighted by atomic mass is 16.5. The number of rotatable bonds is 6. The summed E-state index contributed by atoms with van der Waals surface area (Å²) in [5, 5.41) is 5.90. The lowest BCUT2D eigenvalue weighted by Gasteiger charge is -2.21. The van der Waals surface area contributed by atoms with Gasteiger partial charge in [-0.2, -0.15) is 0 Å². The number of methoxy groups -OCH3 is 1. The standard InChI is InChI=1S/C21H23NO4/c1-4-13(2)20(21(24)25-3)22-18(23)11-15-12-26-17-10-9-14-7-5-6-8-16(14)19(15)17/h5-10,12-13,20H,4,11H2,1-3H3,(H,22,23)/t13-,20-/m1/s1. The van der Waals surface area contributed by atoms with Crippen molar-refractivity contribution in [2.24, 2.45) is 5.92 Å². The summed E-state index contributed by atoms with van der Waals surface area (Å²) < 4.78 is 10.5. The molecule has 0 saturated carbocycles. The van der Waals surface area contributed by atoms with Gasteiger partial charge in [0.25, 0.3) is 0 Å². The van der Waals surface area contributed by atoms with Crippen LogP contribution in [0.25, 0.3) is 21.7 Å². The van der Waals surface area contributed by atoms with E-state index < -0.39 is 12.0 Å². The van der Waals surface area contributed by atoms with Crippen molar-refractivity contribution in [3.05, 3.63) is 48.2 Å². The average molecular weight is 353 g/mol. The number of benzene rings is 2. The molecule has 3 rings (SSSR count). The van der Waals surface area contributed by atoms with Crippen molar-refractivity contribution < 1.29 is 18.7 Å². The summed E-state index contributed by atoms with van der Waals surface area (Å²) in [6, 6.07) is 11.3. The van der Waals surface area contributed by atoms with Gasteiger partial charge in [0.1, 0.15) is 11.6 Å². The van der Waals surface area contributed by atoms with Gasteiger partial charge in [0.05, 0.1) is 19.8 Å². The predicted octanol–water partition coefficient (Wildman–Crippen LogP) is 3.83. The maximum atomic E-state index is 12.6. The molecule has 0 fully saturated rings. The number of hydrogen-bond donors (Lipinski definition) is 1. The summed E-state index contributed by atoms with van der Waals surface area (Å²) in [7, 11) is 1.33. The Balaban J connectivity index is 1.87. The Morgan fingerprint density at radius 2 is 1.96 bits per heavy atom. The molecule has 0 bridgehead atoms. The van der Waals surface area contributed by atoms with Crippen molar-refractivity contribution in [1.82, 2.24) is 5.32 Å². The molecule has 0 saturated heterocycles. The lowest BCUT2D eigenvalue weighted by molar-refractivity contribution is -0.146. The zero-order chi connectivity index (χ0) is 18.7. The summed E-state index contributed by atoms with van der Waals surface area (Å²) >= 11 is 0. The molecule has 0 aliphatic rings. The first kappa shape index (κ1) is 18.0. The minimum absolute atomic E-state index is 0.00618. The van der Waals surface area contributed by atoms with Crippen LogP contribution < -0.4 is 5.32 Å². The normalized spacial score (nSPS) is 13.5. The highest BCUT2D eigenvalue weighted by molar-refractivity contribution is 6.08. The summed E-state index contributed by atoms with van der Waals surface area (Å²) in [5.41, 5.74) is 1.56. The third kappa shape index (κ3) is 3.43. The second-order valence-electron chi connectivity index (χ2n) is 6.55. The van der Waals surface area contributed by atoms with Crippen LogP contribution in [0.2, 0.25) is 0 Å². The Morgan fingerprint density at radius 1 is 1.19 bits per heavy atom. The number of amides is 1. The maximum Gasteiger partial charge on any atom is 0.328 e. The summed E-state index contributed by atoms with van der Waals surface area (Å²) in [6.45, 7) is 3.89. The molecule has 0 unspecified atom stereocenters. The summed E-state index contributed by atoms with van der Waals surface area (Å²) in [5.74, 6) is -0.653. The Bertz CT molecular complexity index is 943. The molecule has 136 valence electrons. The van der Waals surface area contributed by atoms with E-state index >= 15 is 0 Å². The van der Waals surface area contributed by atoms with Gasteiger partial charge in [0.2, 0.25) is 5.91 Å². The van der Waals surface area contributed by atoms with Gasteiger partial charge in [-0.05, 0) is 22.8 Å². The Labute approximate surface area is 152 Å². The van der Waals surface area contributed by atoms with Crippen molar-refractivity contribution in [3.63, 3.8) is 0 Å². The monoisotopic (exact) mass is 353 g/mol. The van der Waals surface area contributed by atoms with Gasteiger partial charge in [-0.25, -0.2) is 4.79 Å². The first-order chi connectivity index (χ1) is 12.5. The third-order valence-corrected chi connectivity index (χ3v) is 4.88. The fraction of sp³-hybridized carbons (Fsp3) is 0.333. The smallest absolute Gasteiger partial charge is 0.328 e. The number of nitrogens with one attached hydrogen (secondary N) is 1. The second-order valence-corrected chi connectivity index (χ2v) is 6.55. The fourth-order valence-corrected chi connectivity index (χ4v) is 3.20. The minimum Gasteiger partial charge on any atom is -0.467 e. The minimum atomic E-state index is -0.646.